The second-order valence-electron chi connectivity index (χ2n) is 2.93. The van der Waals surface area contributed by atoms with Crippen molar-refractivity contribution >= 4 is 22.4 Å². The molecule has 0 amide bonds. The van der Waals surface area contributed by atoms with Gasteiger partial charge in [-0.05, 0) is 5.39 Å². The first-order valence-corrected chi connectivity index (χ1v) is 4.62. The summed E-state index contributed by atoms with van der Waals surface area (Å²) in [6.07, 6.45) is 0. The van der Waals surface area contributed by atoms with Gasteiger partial charge in [-0.25, -0.2) is 0 Å². The molecule has 0 saturated heterocycles. The molecule has 0 aliphatic rings. The molecule has 0 aromatic heterocycles. The fraction of sp³-hybridized carbons (Fsp3) is 0.0909. The number of rotatable bonds is 1. The normalized spacial score (nSPS) is 10.5. The molecule has 0 unspecified atom stereocenters. The molecule has 2 rings (SSSR count). The quantitative estimate of drug-likeness (QED) is 0.688. The van der Waals surface area contributed by atoms with Gasteiger partial charge in [0.15, 0.2) is 0 Å². The molecule has 1 N–H and O–H groups in total. The van der Waals surface area contributed by atoms with Crippen LogP contribution in [0.25, 0.3) is 10.8 Å². The molecule has 0 atom stereocenters. The van der Waals surface area contributed by atoms with Crippen LogP contribution >= 0.6 is 11.6 Å². The van der Waals surface area contributed by atoms with Crippen LogP contribution in [0.1, 0.15) is 5.56 Å². The minimum absolute atomic E-state index is 0.299. The van der Waals surface area contributed by atoms with Crippen LogP contribution in [0.2, 0.25) is 0 Å². The summed E-state index contributed by atoms with van der Waals surface area (Å²) in [7, 11) is 0. The minimum Gasteiger partial charge on any atom is -0.507 e. The van der Waals surface area contributed by atoms with Crippen LogP contribution < -0.4 is 0 Å². The van der Waals surface area contributed by atoms with Gasteiger partial charge in [-0.2, -0.15) is 0 Å². The predicted molar refractivity (Wildman–Crippen MR) is 55.2 cm³/mol. The lowest BCUT2D eigenvalue weighted by Crippen LogP contribution is -1.81. The summed E-state index contributed by atoms with van der Waals surface area (Å²) < 4.78 is 0. The highest BCUT2D eigenvalue weighted by molar-refractivity contribution is 6.17. The standard InChI is InChI=1S/C11H9ClO/c12-7-9-6-5-8-3-1-2-4-10(8)11(9)13/h1-6,13H,7H2. The van der Waals surface area contributed by atoms with Gasteiger partial charge in [-0.15, -0.1) is 11.6 Å². The third kappa shape index (κ3) is 1.36. The molecule has 2 aromatic carbocycles. The van der Waals surface area contributed by atoms with Gasteiger partial charge in [-0.1, -0.05) is 36.4 Å². The van der Waals surface area contributed by atoms with Crippen LogP contribution in [0.5, 0.6) is 5.75 Å². The fourth-order valence-corrected chi connectivity index (χ4v) is 1.62. The first-order chi connectivity index (χ1) is 6.33. The van der Waals surface area contributed by atoms with Crippen molar-refractivity contribution in [2.45, 2.75) is 5.88 Å². The van der Waals surface area contributed by atoms with Gasteiger partial charge in [0.25, 0.3) is 0 Å². The summed E-state index contributed by atoms with van der Waals surface area (Å²) in [6, 6.07) is 11.5. The van der Waals surface area contributed by atoms with E-state index < -0.39 is 0 Å². The van der Waals surface area contributed by atoms with Gasteiger partial charge in [0.1, 0.15) is 5.75 Å². The van der Waals surface area contributed by atoms with Gasteiger partial charge in [0, 0.05) is 10.9 Å². The fourth-order valence-electron chi connectivity index (χ4n) is 1.41. The number of hydrogen-bond acceptors (Lipinski definition) is 1. The number of halogens is 1. The summed E-state index contributed by atoms with van der Waals surface area (Å²) in [5.74, 6) is 0.643. The second kappa shape index (κ2) is 3.27. The molecule has 0 radical (unpaired) electrons. The molecule has 0 aliphatic heterocycles. The largest absolute Gasteiger partial charge is 0.507 e. The highest BCUT2D eigenvalue weighted by atomic mass is 35.5. The van der Waals surface area contributed by atoms with E-state index in [0.717, 1.165) is 16.3 Å². The van der Waals surface area contributed by atoms with E-state index in [9.17, 15) is 5.11 Å². The third-order valence-electron chi connectivity index (χ3n) is 2.13. The maximum Gasteiger partial charge on any atom is 0.127 e. The Bertz CT molecular complexity index is 437. The van der Waals surface area contributed by atoms with Gasteiger partial charge < -0.3 is 5.11 Å². The number of alkyl halides is 1. The van der Waals surface area contributed by atoms with E-state index >= 15 is 0 Å². The molecule has 0 fully saturated rings. The van der Waals surface area contributed by atoms with Crippen molar-refractivity contribution < 1.29 is 5.11 Å². The van der Waals surface area contributed by atoms with Crippen LogP contribution in [-0.2, 0) is 5.88 Å². The van der Waals surface area contributed by atoms with Crippen molar-refractivity contribution in [3.05, 3.63) is 42.0 Å². The Morgan fingerprint density at radius 2 is 1.85 bits per heavy atom. The van der Waals surface area contributed by atoms with E-state index in [1.807, 2.05) is 36.4 Å². The molecular weight excluding hydrogens is 184 g/mol. The molecule has 2 aromatic rings. The average Bonchev–Trinajstić information content (AvgIpc) is 2.19. The third-order valence-corrected chi connectivity index (χ3v) is 2.42. The zero-order valence-electron chi connectivity index (χ0n) is 7.00. The lowest BCUT2D eigenvalue weighted by molar-refractivity contribution is 0.477. The second-order valence-corrected chi connectivity index (χ2v) is 3.20. The van der Waals surface area contributed by atoms with Crippen LogP contribution in [0.4, 0.5) is 0 Å². The summed E-state index contributed by atoms with van der Waals surface area (Å²) in [4.78, 5) is 0. The first kappa shape index (κ1) is 8.39. The van der Waals surface area contributed by atoms with E-state index in [2.05, 4.69) is 0 Å². The van der Waals surface area contributed by atoms with E-state index in [4.69, 9.17) is 11.6 Å². The average molecular weight is 193 g/mol. The van der Waals surface area contributed by atoms with Crippen molar-refractivity contribution in [3.63, 3.8) is 0 Å². The summed E-state index contributed by atoms with van der Waals surface area (Å²) in [5, 5.41) is 11.7. The van der Waals surface area contributed by atoms with E-state index in [1.165, 1.54) is 0 Å². The predicted octanol–water partition coefficient (Wildman–Crippen LogP) is 3.28. The molecular formula is C11H9ClO. The molecule has 1 nitrogen and oxygen atoms in total. The summed E-state index contributed by atoms with van der Waals surface area (Å²) >= 11 is 5.67. The van der Waals surface area contributed by atoms with E-state index in [0.29, 0.717) is 11.6 Å². The first-order valence-electron chi connectivity index (χ1n) is 4.08. The van der Waals surface area contributed by atoms with Crippen LogP contribution in [0.3, 0.4) is 0 Å². The Labute approximate surface area is 81.6 Å². The Balaban J connectivity index is 2.79. The Kier molecular flexibility index (Phi) is 2.11. The SMILES string of the molecule is Oc1c(CCl)ccc2ccccc12. The highest BCUT2D eigenvalue weighted by Gasteiger charge is 2.03. The van der Waals surface area contributed by atoms with Crippen LogP contribution in [0.15, 0.2) is 36.4 Å². The van der Waals surface area contributed by atoms with Crippen LogP contribution in [-0.4, -0.2) is 5.11 Å². The molecule has 13 heavy (non-hydrogen) atoms. The number of aromatic hydroxyl groups is 1. The zero-order valence-corrected chi connectivity index (χ0v) is 7.75. The monoisotopic (exact) mass is 192 g/mol. The number of phenols is 1. The maximum absolute atomic E-state index is 9.77. The maximum atomic E-state index is 9.77. The lowest BCUT2D eigenvalue weighted by atomic mass is 10.1. The van der Waals surface area contributed by atoms with Crippen molar-refractivity contribution in [2.24, 2.45) is 0 Å². The molecule has 0 bridgehead atoms. The Morgan fingerprint density at radius 3 is 2.62 bits per heavy atom. The molecule has 0 aliphatic carbocycles. The number of benzene rings is 2. The zero-order chi connectivity index (χ0) is 9.26. The number of fused-ring (bicyclic) bond motifs is 1. The van der Waals surface area contributed by atoms with Crippen molar-refractivity contribution in [2.75, 3.05) is 0 Å². The molecule has 0 heterocycles. The summed E-state index contributed by atoms with van der Waals surface area (Å²) in [6.45, 7) is 0. The smallest absolute Gasteiger partial charge is 0.127 e. The summed E-state index contributed by atoms with van der Waals surface area (Å²) in [5.41, 5.74) is 0.778. The van der Waals surface area contributed by atoms with Gasteiger partial charge in [0.05, 0.1) is 5.88 Å². The number of phenolic OH excluding ortho intramolecular Hbond substituents is 1. The van der Waals surface area contributed by atoms with Crippen molar-refractivity contribution in [1.82, 2.24) is 0 Å². The van der Waals surface area contributed by atoms with E-state index in [-0.39, 0.29) is 0 Å². The van der Waals surface area contributed by atoms with Crippen molar-refractivity contribution in [3.8, 4) is 5.75 Å². The Morgan fingerprint density at radius 1 is 1.08 bits per heavy atom. The molecule has 2 heteroatoms. The topological polar surface area (TPSA) is 20.2 Å². The Hall–Kier alpha value is -1.21. The van der Waals surface area contributed by atoms with Crippen LogP contribution in [0, 0.1) is 0 Å². The van der Waals surface area contributed by atoms with Gasteiger partial charge >= 0.3 is 0 Å². The molecule has 66 valence electrons. The van der Waals surface area contributed by atoms with E-state index in [1.54, 1.807) is 0 Å². The number of hydrogen-bond donors (Lipinski definition) is 1. The van der Waals surface area contributed by atoms with Crippen molar-refractivity contribution in [1.29, 1.82) is 0 Å². The highest BCUT2D eigenvalue weighted by Crippen LogP contribution is 2.29. The molecule has 0 saturated carbocycles. The minimum atomic E-state index is 0.299. The lowest BCUT2D eigenvalue weighted by Gasteiger charge is -2.04. The molecule has 0 spiro atoms. The van der Waals surface area contributed by atoms with Gasteiger partial charge in [-0.3, -0.25) is 0 Å². The van der Waals surface area contributed by atoms with Gasteiger partial charge in [0.2, 0.25) is 0 Å².